The lowest BCUT2D eigenvalue weighted by Gasteiger charge is -2.22. The second kappa shape index (κ2) is 10.7. The molecule has 1 aliphatic heterocycles. The van der Waals surface area contributed by atoms with Gasteiger partial charge in [0.2, 0.25) is 0 Å². The van der Waals surface area contributed by atoms with Crippen LogP contribution in [0.3, 0.4) is 0 Å². The van der Waals surface area contributed by atoms with E-state index >= 15 is 0 Å². The number of carbonyl (C=O) groups excluding carboxylic acids is 2. The van der Waals surface area contributed by atoms with Crippen LogP contribution < -0.4 is 4.74 Å². The molecule has 5 heteroatoms. The van der Waals surface area contributed by atoms with E-state index in [0.29, 0.717) is 12.2 Å². The number of hydrogen-bond donors (Lipinski definition) is 0. The van der Waals surface area contributed by atoms with Crippen molar-refractivity contribution in [2.45, 2.75) is 71.0 Å². The largest absolute Gasteiger partial charge is 0.494 e. The molecule has 0 aromatic heterocycles. The van der Waals surface area contributed by atoms with Crippen molar-refractivity contribution in [3.63, 3.8) is 0 Å². The predicted molar refractivity (Wildman–Crippen MR) is 94.1 cm³/mol. The summed E-state index contributed by atoms with van der Waals surface area (Å²) in [4.78, 5) is 22.6. The number of ether oxygens (including phenoxy) is 3. The van der Waals surface area contributed by atoms with Gasteiger partial charge in [-0.05, 0) is 30.7 Å². The molecule has 0 aliphatic carbocycles. The first-order valence-electron chi connectivity index (χ1n) is 9.30. The van der Waals surface area contributed by atoms with Crippen LogP contribution in [0.1, 0.15) is 76.6 Å². The molecule has 25 heavy (non-hydrogen) atoms. The normalized spacial score (nSPS) is 14.9. The monoisotopic (exact) mass is 348 g/mol. The highest BCUT2D eigenvalue weighted by Crippen LogP contribution is 2.26. The number of esters is 2. The SMILES string of the molecule is CCCCCCCCCCOc1ccc(C2OC(=O)CC(=O)O2)cc1. The zero-order chi connectivity index (χ0) is 17.9. The Morgan fingerprint density at radius 3 is 2.04 bits per heavy atom. The van der Waals surface area contributed by atoms with Crippen molar-refractivity contribution in [3.8, 4) is 5.75 Å². The van der Waals surface area contributed by atoms with Gasteiger partial charge in [0, 0.05) is 5.56 Å². The molecule has 138 valence electrons. The molecule has 2 rings (SSSR count). The number of rotatable bonds is 11. The molecule has 1 fully saturated rings. The molecule has 1 aromatic carbocycles. The molecule has 0 radical (unpaired) electrons. The Labute approximate surface area is 149 Å². The van der Waals surface area contributed by atoms with Crippen molar-refractivity contribution in [1.29, 1.82) is 0 Å². The predicted octanol–water partition coefficient (Wildman–Crippen LogP) is 4.69. The van der Waals surface area contributed by atoms with Crippen LogP contribution in [0.5, 0.6) is 5.75 Å². The quantitative estimate of drug-likeness (QED) is 0.330. The summed E-state index contributed by atoms with van der Waals surface area (Å²) in [5, 5.41) is 0. The van der Waals surface area contributed by atoms with Gasteiger partial charge in [-0.1, -0.05) is 51.9 Å². The summed E-state index contributed by atoms with van der Waals surface area (Å²) in [5.41, 5.74) is 0.626. The van der Waals surface area contributed by atoms with E-state index in [9.17, 15) is 9.59 Å². The summed E-state index contributed by atoms with van der Waals surface area (Å²) in [7, 11) is 0. The molecule has 0 unspecified atom stereocenters. The Kier molecular flexibility index (Phi) is 8.29. The van der Waals surface area contributed by atoms with Crippen molar-refractivity contribution in [1.82, 2.24) is 0 Å². The highest BCUT2D eigenvalue weighted by atomic mass is 16.7. The summed E-state index contributed by atoms with van der Waals surface area (Å²) >= 11 is 0. The minimum atomic E-state index is -0.949. The lowest BCUT2D eigenvalue weighted by molar-refractivity contribution is -0.204. The molecule has 1 aromatic rings. The first-order chi connectivity index (χ1) is 12.2. The van der Waals surface area contributed by atoms with E-state index in [1.165, 1.54) is 44.9 Å². The molecule has 0 atom stereocenters. The van der Waals surface area contributed by atoms with Crippen molar-refractivity contribution in [3.05, 3.63) is 29.8 Å². The van der Waals surface area contributed by atoms with Gasteiger partial charge < -0.3 is 14.2 Å². The fraction of sp³-hybridized carbons (Fsp3) is 0.600. The van der Waals surface area contributed by atoms with Gasteiger partial charge in [0.25, 0.3) is 6.29 Å². The van der Waals surface area contributed by atoms with Gasteiger partial charge in [-0.15, -0.1) is 0 Å². The molecule has 0 spiro atoms. The molecule has 0 N–H and O–H groups in total. The molecule has 1 aliphatic rings. The Hall–Kier alpha value is -2.04. The average Bonchev–Trinajstić information content (AvgIpc) is 2.60. The lowest BCUT2D eigenvalue weighted by Crippen LogP contribution is -2.26. The Bertz CT molecular complexity index is 522. The lowest BCUT2D eigenvalue weighted by atomic mass is 10.1. The highest BCUT2D eigenvalue weighted by Gasteiger charge is 2.28. The van der Waals surface area contributed by atoms with E-state index in [4.69, 9.17) is 14.2 Å². The number of carbonyl (C=O) groups is 2. The van der Waals surface area contributed by atoms with Gasteiger partial charge in [0.15, 0.2) is 0 Å². The van der Waals surface area contributed by atoms with Gasteiger partial charge in [-0.25, -0.2) is 0 Å². The second-order valence-corrected chi connectivity index (χ2v) is 6.38. The number of hydrogen-bond acceptors (Lipinski definition) is 5. The van der Waals surface area contributed by atoms with E-state index in [2.05, 4.69) is 6.92 Å². The zero-order valence-electron chi connectivity index (χ0n) is 15.0. The Morgan fingerprint density at radius 1 is 0.880 bits per heavy atom. The van der Waals surface area contributed by atoms with E-state index in [1.54, 1.807) is 24.3 Å². The van der Waals surface area contributed by atoms with Crippen molar-refractivity contribution in [2.24, 2.45) is 0 Å². The van der Waals surface area contributed by atoms with Crippen LogP contribution in [0.15, 0.2) is 24.3 Å². The Morgan fingerprint density at radius 2 is 1.44 bits per heavy atom. The molecular formula is C20H28O5. The maximum atomic E-state index is 11.3. The summed E-state index contributed by atoms with van der Waals surface area (Å²) in [6.45, 7) is 2.93. The second-order valence-electron chi connectivity index (χ2n) is 6.38. The van der Waals surface area contributed by atoms with Gasteiger partial charge in [0.1, 0.15) is 12.2 Å². The van der Waals surface area contributed by atoms with E-state index in [1.807, 2.05) is 0 Å². The van der Waals surface area contributed by atoms with Gasteiger partial charge in [0.05, 0.1) is 6.61 Å². The summed E-state index contributed by atoms with van der Waals surface area (Å²) < 4.78 is 15.8. The van der Waals surface area contributed by atoms with Crippen LogP contribution in [0, 0.1) is 0 Å². The van der Waals surface area contributed by atoms with Crippen LogP contribution in [0.25, 0.3) is 0 Å². The first-order valence-corrected chi connectivity index (χ1v) is 9.30. The van der Waals surface area contributed by atoms with Crippen LogP contribution >= 0.6 is 0 Å². The number of benzene rings is 1. The van der Waals surface area contributed by atoms with Crippen molar-refractivity contribution >= 4 is 11.9 Å². The molecule has 1 saturated heterocycles. The third kappa shape index (κ3) is 7.16. The molecule has 5 nitrogen and oxygen atoms in total. The summed E-state index contributed by atoms with van der Waals surface area (Å²) in [6, 6.07) is 7.10. The van der Waals surface area contributed by atoms with Gasteiger partial charge >= 0.3 is 11.9 Å². The molecule has 1 heterocycles. The van der Waals surface area contributed by atoms with E-state index in [-0.39, 0.29) is 6.42 Å². The number of unbranched alkanes of at least 4 members (excludes halogenated alkanes) is 7. The minimum Gasteiger partial charge on any atom is -0.494 e. The van der Waals surface area contributed by atoms with Gasteiger partial charge in [-0.3, -0.25) is 9.59 Å². The van der Waals surface area contributed by atoms with E-state index in [0.717, 1.165) is 12.2 Å². The standard InChI is InChI=1S/C20H28O5/c1-2-3-4-5-6-7-8-9-14-23-17-12-10-16(11-13-17)20-24-18(21)15-19(22)25-20/h10-13,20H,2-9,14-15H2,1H3. The van der Waals surface area contributed by atoms with Crippen molar-refractivity contribution < 1.29 is 23.8 Å². The topological polar surface area (TPSA) is 61.8 Å². The summed E-state index contributed by atoms with van der Waals surface area (Å²) in [6.07, 6.45) is 8.88. The minimum absolute atomic E-state index is 0.323. The van der Waals surface area contributed by atoms with Crippen molar-refractivity contribution in [2.75, 3.05) is 6.61 Å². The molecular weight excluding hydrogens is 320 g/mol. The zero-order valence-corrected chi connectivity index (χ0v) is 15.0. The van der Waals surface area contributed by atoms with Gasteiger partial charge in [-0.2, -0.15) is 0 Å². The smallest absolute Gasteiger partial charge is 0.320 e. The fourth-order valence-electron chi connectivity index (χ4n) is 2.75. The molecule has 0 saturated carbocycles. The van der Waals surface area contributed by atoms with E-state index < -0.39 is 18.2 Å². The third-order valence-electron chi connectivity index (χ3n) is 4.18. The summed E-state index contributed by atoms with van der Waals surface area (Å²) in [5.74, 6) is -0.354. The Balaban J connectivity index is 1.62. The van der Waals surface area contributed by atoms with Crippen LogP contribution in [0.4, 0.5) is 0 Å². The maximum absolute atomic E-state index is 11.3. The highest BCUT2D eigenvalue weighted by molar-refractivity contribution is 5.92. The molecule has 0 bridgehead atoms. The van der Waals surface area contributed by atoms with Crippen LogP contribution in [0.2, 0.25) is 0 Å². The fourth-order valence-corrected chi connectivity index (χ4v) is 2.75. The maximum Gasteiger partial charge on any atom is 0.320 e. The third-order valence-corrected chi connectivity index (χ3v) is 4.18. The number of cyclic esters (lactones) is 2. The molecule has 0 amide bonds. The van der Waals surface area contributed by atoms with Crippen LogP contribution in [-0.4, -0.2) is 18.5 Å². The average molecular weight is 348 g/mol. The van der Waals surface area contributed by atoms with Crippen LogP contribution in [-0.2, 0) is 19.1 Å². The first kappa shape index (κ1) is 19.3.